The first-order chi connectivity index (χ1) is 7.54. The van der Waals surface area contributed by atoms with Gasteiger partial charge in [-0.1, -0.05) is 0 Å². The average molecular weight is 232 g/mol. The molecule has 92 valence electrons. The minimum absolute atomic E-state index is 0.128. The molecule has 16 heavy (non-hydrogen) atoms. The van der Waals surface area contributed by atoms with Crippen LogP contribution >= 0.6 is 0 Å². The van der Waals surface area contributed by atoms with E-state index in [1.54, 1.807) is 6.92 Å². The molecule has 3 N–H and O–H groups in total. The van der Waals surface area contributed by atoms with Gasteiger partial charge >= 0.3 is 12.0 Å². The SMILES string of the molecule is CC1COC(CO)CN1C(=O)NCC(=O)O. The maximum absolute atomic E-state index is 11.6. The second-order valence-electron chi connectivity index (χ2n) is 3.69. The molecule has 0 bridgehead atoms. The fourth-order valence-electron chi connectivity index (χ4n) is 1.46. The number of morpholine rings is 1. The first kappa shape index (κ1) is 12.7. The van der Waals surface area contributed by atoms with Crippen molar-refractivity contribution in [3.63, 3.8) is 0 Å². The lowest BCUT2D eigenvalue weighted by Crippen LogP contribution is -2.55. The van der Waals surface area contributed by atoms with E-state index in [2.05, 4.69) is 5.32 Å². The van der Waals surface area contributed by atoms with Gasteiger partial charge in [0, 0.05) is 0 Å². The van der Waals surface area contributed by atoms with Crippen molar-refractivity contribution in [3.8, 4) is 0 Å². The Morgan fingerprint density at radius 3 is 2.81 bits per heavy atom. The normalized spacial score (nSPS) is 25.2. The summed E-state index contributed by atoms with van der Waals surface area (Å²) in [6.07, 6.45) is -0.397. The first-order valence-corrected chi connectivity index (χ1v) is 5.03. The van der Waals surface area contributed by atoms with Gasteiger partial charge in [0.05, 0.1) is 31.9 Å². The molecule has 7 nitrogen and oxygen atoms in total. The second kappa shape index (κ2) is 5.66. The van der Waals surface area contributed by atoms with Crippen LogP contribution in [0.4, 0.5) is 4.79 Å². The van der Waals surface area contributed by atoms with Crippen LogP contribution in [-0.4, -0.2) is 65.6 Å². The number of urea groups is 1. The molecule has 7 heteroatoms. The summed E-state index contributed by atoms with van der Waals surface area (Å²) in [4.78, 5) is 23.3. The van der Waals surface area contributed by atoms with E-state index in [4.69, 9.17) is 14.9 Å². The Morgan fingerprint density at radius 2 is 2.25 bits per heavy atom. The highest BCUT2D eigenvalue weighted by Gasteiger charge is 2.29. The Morgan fingerprint density at radius 1 is 1.56 bits per heavy atom. The van der Waals surface area contributed by atoms with Gasteiger partial charge in [0.1, 0.15) is 6.54 Å². The number of carbonyl (C=O) groups excluding carboxylic acids is 1. The third-order valence-electron chi connectivity index (χ3n) is 2.36. The second-order valence-corrected chi connectivity index (χ2v) is 3.69. The predicted octanol–water partition coefficient (Wildman–Crippen LogP) is -1.14. The van der Waals surface area contributed by atoms with Crippen molar-refractivity contribution in [2.45, 2.75) is 19.1 Å². The molecule has 0 aromatic heterocycles. The van der Waals surface area contributed by atoms with Crippen LogP contribution in [0.3, 0.4) is 0 Å². The zero-order chi connectivity index (χ0) is 12.1. The molecule has 1 rings (SSSR count). The Bertz CT molecular complexity index is 271. The van der Waals surface area contributed by atoms with Crippen LogP contribution in [0.1, 0.15) is 6.92 Å². The van der Waals surface area contributed by atoms with E-state index < -0.39 is 24.6 Å². The Labute approximate surface area is 93.0 Å². The first-order valence-electron chi connectivity index (χ1n) is 5.03. The van der Waals surface area contributed by atoms with Crippen LogP contribution < -0.4 is 5.32 Å². The standard InChI is InChI=1S/C9H16N2O5/c1-6-5-16-7(4-12)3-11(6)9(15)10-2-8(13)14/h6-7,12H,2-5H2,1H3,(H,10,15)(H,13,14). The zero-order valence-corrected chi connectivity index (χ0v) is 9.05. The number of hydrogen-bond donors (Lipinski definition) is 3. The van der Waals surface area contributed by atoms with Gasteiger partial charge in [-0.2, -0.15) is 0 Å². The number of nitrogens with one attached hydrogen (secondary N) is 1. The molecular weight excluding hydrogens is 216 g/mol. The maximum atomic E-state index is 11.6. The van der Waals surface area contributed by atoms with Gasteiger partial charge in [-0.15, -0.1) is 0 Å². The Kier molecular flexibility index (Phi) is 4.51. The van der Waals surface area contributed by atoms with E-state index in [1.807, 2.05) is 0 Å². The van der Waals surface area contributed by atoms with E-state index in [1.165, 1.54) is 4.90 Å². The van der Waals surface area contributed by atoms with Gasteiger partial charge in [-0.05, 0) is 6.92 Å². The third kappa shape index (κ3) is 3.35. The van der Waals surface area contributed by atoms with Crippen molar-refractivity contribution in [3.05, 3.63) is 0 Å². The van der Waals surface area contributed by atoms with E-state index in [9.17, 15) is 9.59 Å². The number of rotatable bonds is 3. The maximum Gasteiger partial charge on any atom is 0.323 e. The number of aliphatic hydroxyl groups excluding tert-OH is 1. The third-order valence-corrected chi connectivity index (χ3v) is 2.36. The summed E-state index contributed by atoms with van der Waals surface area (Å²) < 4.78 is 5.26. The minimum Gasteiger partial charge on any atom is -0.480 e. The Balaban J connectivity index is 2.48. The molecule has 1 aliphatic rings. The highest BCUT2D eigenvalue weighted by atomic mass is 16.5. The smallest absolute Gasteiger partial charge is 0.323 e. The summed E-state index contributed by atoms with van der Waals surface area (Å²) in [6, 6.07) is -0.576. The molecule has 2 unspecified atom stereocenters. The molecule has 1 aliphatic heterocycles. The Hall–Kier alpha value is -1.34. The van der Waals surface area contributed by atoms with Crippen LogP contribution in [0.15, 0.2) is 0 Å². The van der Waals surface area contributed by atoms with Gasteiger partial charge in [0.15, 0.2) is 0 Å². The summed E-state index contributed by atoms with van der Waals surface area (Å²) in [5.41, 5.74) is 0. The molecule has 0 saturated carbocycles. The van der Waals surface area contributed by atoms with Gasteiger partial charge in [-0.25, -0.2) is 4.79 Å². The number of hydrogen-bond acceptors (Lipinski definition) is 4. The molecule has 0 aromatic carbocycles. The molecule has 1 fully saturated rings. The van der Waals surface area contributed by atoms with Crippen molar-refractivity contribution in [2.75, 3.05) is 26.3 Å². The molecule has 0 radical (unpaired) electrons. The minimum atomic E-state index is -1.09. The highest BCUT2D eigenvalue weighted by Crippen LogP contribution is 2.11. The van der Waals surface area contributed by atoms with E-state index in [0.29, 0.717) is 6.61 Å². The quantitative estimate of drug-likeness (QED) is 0.571. The molecule has 2 atom stereocenters. The van der Waals surface area contributed by atoms with Crippen molar-refractivity contribution in [1.29, 1.82) is 0 Å². The van der Waals surface area contributed by atoms with Crippen molar-refractivity contribution >= 4 is 12.0 Å². The summed E-state index contributed by atoms with van der Waals surface area (Å²) in [5.74, 6) is -1.09. The summed E-state index contributed by atoms with van der Waals surface area (Å²) in [5, 5.41) is 19.6. The highest BCUT2D eigenvalue weighted by molar-refractivity contribution is 5.80. The van der Waals surface area contributed by atoms with Crippen molar-refractivity contribution < 1.29 is 24.5 Å². The average Bonchev–Trinajstić information content (AvgIpc) is 2.26. The summed E-state index contributed by atoms with van der Waals surface area (Å²) in [7, 11) is 0. The number of nitrogens with zero attached hydrogens (tertiary/aromatic N) is 1. The van der Waals surface area contributed by atoms with Gasteiger partial charge in [-0.3, -0.25) is 4.79 Å². The van der Waals surface area contributed by atoms with Crippen LogP contribution in [0.5, 0.6) is 0 Å². The monoisotopic (exact) mass is 232 g/mol. The number of carbonyl (C=O) groups is 2. The van der Waals surface area contributed by atoms with Crippen LogP contribution in [0, 0.1) is 0 Å². The number of amides is 2. The fourth-order valence-corrected chi connectivity index (χ4v) is 1.46. The lowest BCUT2D eigenvalue weighted by Gasteiger charge is -2.37. The van der Waals surface area contributed by atoms with Crippen molar-refractivity contribution in [1.82, 2.24) is 10.2 Å². The van der Waals surface area contributed by atoms with E-state index >= 15 is 0 Å². The number of ether oxygens (including phenoxy) is 1. The predicted molar refractivity (Wildman–Crippen MR) is 54.0 cm³/mol. The molecular formula is C9H16N2O5. The largest absolute Gasteiger partial charge is 0.480 e. The summed E-state index contributed by atoms with van der Waals surface area (Å²) in [6.45, 7) is 1.84. The topological polar surface area (TPSA) is 99.1 Å². The molecule has 2 amide bonds. The van der Waals surface area contributed by atoms with Crippen molar-refractivity contribution in [2.24, 2.45) is 0 Å². The van der Waals surface area contributed by atoms with Gasteiger partial charge in [0.2, 0.25) is 0 Å². The van der Waals surface area contributed by atoms with Gasteiger partial charge < -0.3 is 25.2 Å². The van der Waals surface area contributed by atoms with E-state index in [-0.39, 0.29) is 19.2 Å². The number of carboxylic acids is 1. The van der Waals surface area contributed by atoms with E-state index in [0.717, 1.165) is 0 Å². The molecule has 0 aliphatic carbocycles. The molecule has 1 saturated heterocycles. The lowest BCUT2D eigenvalue weighted by atomic mass is 10.2. The summed E-state index contributed by atoms with van der Waals surface area (Å²) >= 11 is 0. The van der Waals surface area contributed by atoms with Gasteiger partial charge in [0.25, 0.3) is 0 Å². The molecule has 0 spiro atoms. The molecule has 0 aromatic rings. The zero-order valence-electron chi connectivity index (χ0n) is 9.05. The lowest BCUT2D eigenvalue weighted by molar-refractivity contribution is -0.135. The fraction of sp³-hybridized carbons (Fsp3) is 0.778. The van der Waals surface area contributed by atoms with Crippen LogP contribution in [0.2, 0.25) is 0 Å². The molecule has 1 heterocycles. The number of aliphatic hydroxyl groups is 1. The number of carboxylic acid groups (broad SMARTS) is 1. The number of aliphatic carboxylic acids is 1. The van der Waals surface area contributed by atoms with Crippen LogP contribution in [0.25, 0.3) is 0 Å². The van der Waals surface area contributed by atoms with Crippen LogP contribution in [-0.2, 0) is 9.53 Å².